The molecule has 0 spiro atoms. The van der Waals surface area contributed by atoms with Gasteiger partial charge in [-0.25, -0.2) is 0 Å². The maximum atomic E-state index is 12.2. The summed E-state index contributed by atoms with van der Waals surface area (Å²) >= 11 is 0. The molecule has 0 aliphatic carbocycles. The van der Waals surface area contributed by atoms with Crippen molar-refractivity contribution in [2.24, 2.45) is 5.92 Å². The van der Waals surface area contributed by atoms with Crippen LogP contribution in [0.4, 0.5) is 0 Å². The molecule has 0 saturated carbocycles. The third-order valence-corrected chi connectivity index (χ3v) is 4.25. The fourth-order valence-corrected chi connectivity index (χ4v) is 3.29. The van der Waals surface area contributed by atoms with E-state index in [2.05, 4.69) is 0 Å². The minimum Gasteiger partial charge on any atom is -0.843 e. The van der Waals surface area contributed by atoms with Crippen LogP contribution in [0, 0.1) is 5.92 Å². The van der Waals surface area contributed by atoms with Crippen LogP contribution in [0.25, 0.3) is 0 Å². The maximum Gasteiger partial charge on any atom is 1.00 e. The first-order valence-electron chi connectivity index (χ1n) is 5.31. The molecule has 1 atom stereocenters. The molecule has 0 aromatic rings. The van der Waals surface area contributed by atoms with Gasteiger partial charge in [0.1, 0.15) is 0 Å². The Balaban J connectivity index is 0. The van der Waals surface area contributed by atoms with Crippen molar-refractivity contribution in [3.05, 3.63) is 0 Å². The van der Waals surface area contributed by atoms with Gasteiger partial charge in [0, 0.05) is 0 Å². The fourth-order valence-electron chi connectivity index (χ4n) is 1.10. The van der Waals surface area contributed by atoms with E-state index in [4.69, 9.17) is 9.05 Å². The Kier molecular flexibility index (Phi) is 9.44. The van der Waals surface area contributed by atoms with Gasteiger partial charge in [-0.15, -0.1) is 0 Å². The first-order valence-corrected chi connectivity index (χ1v) is 6.92. The van der Waals surface area contributed by atoms with Crippen LogP contribution in [0.3, 0.4) is 0 Å². The van der Waals surface area contributed by atoms with E-state index in [1.165, 1.54) is 0 Å². The van der Waals surface area contributed by atoms with Gasteiger partial charge in [-0.05, 0) is 39.5 Å². The average molecular weight is 244 g/mol. The Morgan fingerprint density at radius 1 is 0.938 bits per heavy atom. The topological polar surface area (TPSA) is 58.6 Å². The first kappa shape index (κ1) is 19.1. The van der Waals surface area contributed by atoms with Crippen LogP contribution in [0.5, 0.6) is 0 Å². The molecule has 1 unspecified atom stereocenters. The van der Waals surface area contributed by atoms with Crippen molar-refractivity contribution in [1.82, 2.24) is 0 Å². The molecule has 0 aliphatic rings. The van der Waals surface area contributed by atoms with Gasteiger partial charge in [-0.1, -0.05) is 13.8 Å². The van der Waals surface area contributed by atoms with Crippen molar-refractivity contribution in [3.63, 3.8) is 0 Å². The van der Waals surface area contributed by atoms with Crippen molar-refractivity contribution in [2.45, 2.75) is 59.6 Å². The van der Waals surface area contributed by atoms with E-state index in [0.717, 1.165) is 0 Å². The number of hydrogen-bond acceptors (Lipinski definition) is 4. The molecule has 0 N–H and O–H groups in total. The molecule has 6 heteroatoms. The van der Waals surface area contributed by atoms with E-state index >= 15 is 0 Å². The molecule has 0 aromatic heterocycles. The summed E-state index contributed by atoms with van der Waals surface area (Å²) in [7, 11) is -3.53. The summed E-state index contributed by atoms with van der Waals surface area (Å²) in [5, 5.41) is 11.8. The zero-order valence-electron chi connectivity index (χ0n) is 11.4. The molecule has 0 aliphatic heterocycles. The second kappa shape index (κ2) is 7.92. The van der Waals surface area contributed by atoms with E-state index in [1.54, 1.807) is 41.5 Å². The summed E-state index contributed by atoms with van der Waals surface area (Å²) in [5.74, 6) is -1.59. The van der Waals surface area contributed by atoms with Crippen LogP contribution in [0.15, 0.2) is 0 Å². The summed E-state index contributed by atoms with van der Waals surface area (Å²) in [4.78, 5) is 0. The van der Waals surface area contributed by atoms with Gasteiger partial charge in [-0.2, -0.15) is 0 Å². The zero-order chi connectivity index (χ0) is 12.2. The zero-order valence-corrected chi connectivity index (χ0v) is 12.3. The molecule has 0 amide bonds. The molecule has 0 fully saturated rings. The smallest absolute Gasteiger partial charge is 0.843 e. The van der Waals surface area contributed by atoms with E-state index in [9.17, 15) is 9.67 Å². The quantitative estimate of drug-likeness (QED) is 0.461. The van der Waals surface area contributed by atoms with Crippen LogP contribution < -0.4 is 24.0 Å². The van der Waals surface area contributed by atoms with Crippen LogP contribution in [-0.4, -0.2) is 18.1 Å². The number of hydrogen-bond donors (Lipinski definition) is 0. The van der Waals surface area contributed by atoms with Gasteiger partial charge in [-0.3, -0.25) is 4.57 Å². The summed E-state index contributed by atoms with van der Waals surface area (Å²) in [6, 6.07) is 0. The molecule has 4 nitrogen and oxygen atoms in total. The Morgan fingerprint density at radius 3 is 1.44 bits per heavy atom. The molecule has 92 valence electrons. The van der Waals surface area contributed by atoms with Gasteiger partial charge < -0.3 is 14.2 Å². The molecule has 0 bridgehead atoms. The van der Waals surface area contributed by atoms with Crippen LogP contribution in [0.2, 0.25) is 0 Å². The molecule has 16 heavy (non-hydrogen) atoms. The van der Waals surface area contributed by atoms with E-state index in [1.807, 2.05) is 0 Å². The second-order valence-electron chi connectivity index (χ2n) is 4.48. The van der Waals surface area contributed by atoms with Crippen molar-refractivity contribution in [1.29, 1.82) is 0 Å². The van der Waals surface area contributed by atoms with Gasteiger partial charge in [0.15, 0.2) is 0 Å². The van der Waals surface area contributed by atoms with E-state index in [-0.39, 0.29) is 37.0 Å². The molecule has 0 radical (unpaired) electrons. The molecule has 0 saturated heterocycles. The minimum absolute atomic E-state index is 0. The Labute approximate surface area is 111 Å². The molecule has 0 rings (SSSR count). The van der Waals surface area contributed by atoms with Crippen molar-refractivity contribution >= 4 is 7.60 Å². The summed E-state index contributed by atoms with van der Waals surface area (Å²) in [6.07, 6.45) is -0.547. The Bertz CT molecular complexity index is 217. The van der Waals surface area contributed by atoms with Crippen molar-refractivity contribution in [2.75, 3.05) is 0 Å². The fraction of sp³-hybridized carbons (Fsp3) is 1.00. The average Bonchev–Trinajstić information content (AvgIpc) is 1.99. The van der Waals surface area contributed by atoms with E-state index in [0.29, 0.717) is 0 Å². The predicted octanol–water partition coefficient (Wildman–Crippen LogP) is -0.624. The Hall–Kier alpha value is 0.707. The molecular formula is C10H22LiO4P. The monoisotopic (exact) mass is 244 g/mol. The first-order chi connectivity index (χ1) is 6.69. The summed E-state index contributed by atoms with van der Waals surface area (Å²) < 4.78 is 22.6. The molecular weight excluding hydrogens is 222 g/mol. The standard InChI is InChI=1S/C10H22O4P.Li/c1-7(2)10(11)15(12,13-8(3)4)14-9(5)6;/h7-10H,1-6H3;/q-1;+1. The number of rotatable bonds is 6. The van der Waals surface area contributed by atoms with E-state index < -0.39 is 13.4 Å². The molecule has 0 aromatic carbocycles. The van der Waals surface area contributed by atoms with Crippen LogP contribution >= 0.6 is 7.60 Å². The Morgan fingerprint density at radius 2 is 1.25 bits per heavy atom. The largest absolute Gasteiger partial charge is 1.00 e. The maximum absolute atomic E-state index is 12.2. The third-order valence-electron chi connectivity index (χ3n) is 1.60. The SMILES string of the molecule is CC(C)OP(=O)(OC(C)C)C([O-])C(C)C.[Li+]. The van der Waals surface area contributed by atoms with Crippen molar-refractivity contribution < 1.29 is 37.6 Å². The van der Waals surface area contributed by atoms with Crippen LogP contribution in [0.1, 0.15) is 41.5 Å². The molecule has 0 heterocycles. The normalized spacial score (nSPS) is 14.4. The predicted molar refractivity (Wildman–Crippen MR) is 58.7 cm³/mol. The van der Waals surface area contributed by atoms with Crippen molar-refractivity contribution in [3.8, 4) is 0 Å². The van der Waals surface area contributed by atoms with Gasteiger partial charge in [0.25, 0.3) is 0 Å². The minimum atomic E-state index is -3.53. The van der Waals surface area contributed by atoms with Crippen LogP contribution in [-0.2, 0) is 13.6 Å². The summed E-state index contributed by atoms with van der Waals surface area (Å²) in [6.45, 7) is 10.4. The van der Waals surface area contributed by atoms with Gasteiger partial charge in [0.05, 0.1) is 12.2 Å². The summed E-state index contributed by atoms with van der Waals surface area (Å²) in [5.41, 5.74) is 0. The van der Waals surface area contributed by atoms with Gasteiger partial charge >= 0.3 is 26.5 Å². The van der Waals surface area contributed by atoms with Gasteiger partial charge in [0.2, 0.25) is 0 Å². The third kappa shape index (κ3) is 6.44. The second-order valence-corrected chi connectivity index (χ2v) is 6.49.